The van der Waals surface area contributed by atoms with E-state index in [1.807, 2.05) is 29.9 Å². The van der Waals surface area contributed by atoms with Gasteiger partial charge < -0.3 is 19.9 Å². The third-order valence-electron chi connectivity index (χ3n) is 6.43. The van der Waals surface area contributed by atoms with Crippen molar-refractivity contribution in [3.63, 3.8) is 0 Å². The molecule has 2 aliphatic rings. The van der Waals surface area contributed by atoms with Crippen molar-refractivity contribution in [2.75, 3.05) is 12.1 Å². The maximum absolute atomic E-state index is 11.4. The molecule has 5 rings (SSSR count). The number of aromatic nitrogens is 4. The number of nitrogens with one attached hydrogen (secondary N) is 1. The zero-order chi connectivity index (χ0) is 23.7. The lowest BCUT2D eigenvalue weighted by atomic mass is 9.83. The predicted octanol–water partition coefficient (Wildman–Crippen LogP) is 4.33. The van der Waals surface area contributed by atoms with Crippen molar-refractivity contribution in [3.05, 3.63) is 46.9 Å². The molecule has 1 aliphatic carbocycles. The first-order valence-electron chi connectivity index (χ1n) is 11.8. The first kappa shape index (κ1) is 22.2. The van der Waals surface area contributed by atoms with Crippen LogP contribution in [0.25, 0.3) is 11.0 Å². The SMILES string of the molecule is CCCc1nn(C)c2c(NCc3ccc4c(c3)OCO4)nc(C3CCCCC3=CC(=O)O)nc12. The van der Waals surface area contributed by atoms with Crippen LogP contribution >= 0.6 is 0 Å². The number of hydrogen-bond acceptors (Lipinski definition) is 7. The number of nitrogens with zero attached hydrogens (tertiary/aromatic N) is 4. The number of allylic oxidation sites excluding steroid dienone is 1. The molecular weight excluding hydrogens is 434 g/mol. The van der Waals surface area contributed by atoms with Crippen molar-refractivity contribution >= 4 is 22.8 Å². The van der Waals surface area contributed by atoms with Gasteiger partial charge in [0.25, 0.3) is 0 Å². The number of carbonyl (C=O) groups is 1. The Bertz CT molecular complexity index is 1270. The first-order valence-corrected chi connectivity index (χ1v) is 11.8. The smallest absolute Gasteiger partial charge is 0.328 e. The highest BCUT2D eigenvalue weighted by molar-refractivity contribution is 5.88. The van der Waals surface area contributed by atoms with E-state index in [-0.39, 0.29) is 12.7 Å². The molecule has 0 saturated heterocycles. The topological polar surface area (TPSA) is 111 Å². The van der Waals surface area contributed by atoms with Crippen molar-refractivity contribution in [3.8, 4) is 11.5 Å². The van der Waals surface area contributed by atoms with Crippen LogP contribution in [0.15, 0.2) is 29.8 Å². The average molecular weight is 464 g/mol. The molecule has 9 nitrogen and oxygen atoms in total. The van der Waals surface area contributed by atoms with Gasteiger partial charge >= 0.3 is 5.97 Å². The van der Waals surface area contributed by atoms with Gasteiger partial charge in [-0.3, -0.25) is 4.68 Å². The van der Waals surface area contributed by atoms with E-state index in [2.05, 4.69) is 12.2 Å². The molecule has 1 aliphatic heterocycles. The molecule has 0 bridgehead atoms. The van der Waals surface area contributed by atoms with Crippen molar-refractivity contribution in [2.45, 2.75) is 57.9 Å². The second-order valence-corrected chi connectivity index (χ2v) is 8.84. The molecule has 1 atom stereocenters. The van der Waals surface area contributed by atoms with Crippen molar-refractivity contribution in [2.24, 2.45) is 7.05 Å². The molecule has 3 aromatic rings. The average Bonchev–Trinajstić information content (AvgIpc) is 3.41. The summed E-state index contributed by atoms with van der Waals surface area (Å²) in [5.41, 5.74) is 4.56. The highest BCUT2D eigenvalue weighted by Crippen LogP contribution is 2.38. The van der Waals surface area contributed by atoms with Crippen LogP contribution in [0.5, 0.6) is 11.5 Å². The highest BCUT2D eigenvalue weighted by atomic mass is 16.7. The lowest BCUT2D eigenvalue weighted by Crippen LogP contribution is -2.15. The number of benzene rings is 1. The standard InChI is InChI=1S/C25H29N5O4/c1-3-6-18-22-23(30(2)29-18)25(26-13-15-9-10-19-20(11-15)34-14-33-19)28-24(27-22)17-8-5-4-7-16(17)12-21(31)32/h9-12,17H,3-8,13-14H2,1-2H3,(H,31,32)(H,26,27,28). The lowest BCUT2D eigenvalue weighted by Gasteiger charge is -2.24. The van der Waals surface area contributed by atoms with E-state index in [9.17, 15) is 9.90 Å². The van der Waals surface area contributed by atoms with Crippen LogP contribution < -0.4 is 14.8 Å². The summed E-state index contributed by atoms with van der Waals surface area (Å²) in [6, 6.07) is 5.88. The normalized spacial score (nSPS) is 18.5. The Morgan fingerprint density at radius 3 is 2.94 bits per heavy atom. The van der Waals surface area contributed by atoms with E-state index in [1.54, 1.807) is 0 Å². The molecular formula is C25H29N5O4. The number of carboxylic acid groups (broad SMARTS) is 1. The number of aliphatic carboxylic acids is 1. The van der Waals surface area contributed by atoms with E-state index in [4.69, 9.17) is 24.5 Å². The molecule has 0 spiro atoms. The molecule has 3 heterocycles. The lowest BCUT2D eigenvalue weighted by molar-refractivity contribution is -0.131. The van der Waals surface area contributed by atoms with Gasteiger partial charge in [0, 0.05) is 25.6 Å². The molecule has 9 heteroatoms. The third-order valence-corrected chi connectivity index (χ3v) is 6.43. The summed E-state index contributed by atoms with van der Waals surface area (Å²) in [4.78, 5) is 21.3. The summed E-state index contributed by atoms with van der Waals surface area (Å²) in [5, 5.41) is 17.6. The molecule has 1 fully saturated rings. The van der Waals surface area contributed by atoms with Gasteiger partial charge in [0.2, 0.25) is 6.79 Å². The number of anilines is 1. The van der Waals surface area contributed by atoms with E-state index in [0.29, 0.717) is 18.2 Å². The Labute approximate surface area is 197 Å². The summed E-state index contributed by atoms with van der Waals surface area (Å²) in [6.07, 6.45) is 6.73. The summed E-state index contributed by atoms with van der Waals surface area (Å²) >= 11 is 0. The van der Waals surface area contributed by atoms with Gasteiger partial charge in [-0.2, -0.15) is 5.10 Å². The molecule has 1 aromatic carbocycles. The summed E-state index contributed by atoms with van der Waals surface area (Å²) in [7, 11) is 1.91. The van der Waals surface area contributed by atoms with Gasteiger partial charge in [-0.25, -0.2) is 14.8 Å². The zero-order valence-corrected chi connectivity index (χ0v) is 19.5. The number of fused-ring (bicyclic) bond motifs is 2. The third kappa shape index (κ3) is 4.30. The Balaban J connectivity index is 1.54. The second-order valence-electron chi connectivity index (χ2n) is 8.84. The van der Waals surface area contributed by atoms with E-state index >= 15 is 0 Å². The first-order chi connectivity index (χ1) is 16.5. The van der Waals surface area contributed by atoms with E-state index in [0.717, 1.165) is 77.9 Å². The molecule has 1 saturated carbocycles. The monoisotopic (exact) mass is 463 g/mol. The minimum atomic E-state index is -0.919. The van der Waals surface area contributed by atoms with Crippen LogP contribution in [0.3, 0.4) is 0 Å². The Kier molecular flexibility index (Phi) is 6.08. The second kappa shape index (κ2) is 9.32. The van der Waals surface area contributed by atoms with Gasteiger partial charge in [-0.05, 0) is 43.4 Å². The minimum Gasteiger partial charge on any atom is -0.478 e. The number of hydrogen-bond donors (Lipinski definition) is 2. The predicted molar refractivity (Wildman–Crippen MR) is 127 cm³/mol. The molecule has 34 heavy (non-hydrogen) atoms. The van der Waals surface area contributed by atoms with Crippen LogP contribution in [0.1, 0.15) is 62.0 Å². The zero-order valence-electron chi connectivity index (χ0n) is 19.5. The molecule has 178 valence electrons. The minimum absolute atomic E-state index is 0.102. The Hall–Kier alpha value is -3.62. The van der Waals surface area contributed by atoms with E-state index in [1.165, 1.54) is 6.08 Å². The summed E-state index contributed by atoms with van der Waals surface area (Å²) in [6.45, 7) is 2.90. The Morgan fingerprint density at radius 1 is 1.26 bits per heavy atom. The van der Waals surface area contributed by atoms with Crippen molar-refractivity contribution < 1.29 is 19.4 Å². The van der Waals surface area contributed by atoms with Gasteiger partial charge in [0.1, 0.15) is 16.9 Å². The highest BCUT2D eigenvalue weighted by Gasteiger charge is 2.27. The fraction of sp³-hybridized carbons (Fsp3) is 0.440. The maximum Gasteiger partial charge on any atom is 0.328 e. The largest absolute Gasteiger partial charge is 0.478 e. The van der Waals surface area contributed by atoms with Crippen LogP contribution in [0, 0.1) is 0 Å². The van der Waals surface area contributed by atoms with Crippen LogP contribution in [0.4, 0.5) is 5.82 Å². The molecule has 2 N–H and O–H groups in total. The molecule has 0 amide bonds. The van der Waals surface area contributed by atoms with Gasteiger partial charge in [0.05, 0.1) is 5.69 Å². The van der Waals surface area contributed by atoms with Crippen molar-refractivity contribution in [1.82, 2.24) is 19.7 Å². The summed E-state index contributed by atoms with van der Waals surface area (Å²) < 4.78 is 12.8. The molecule has 0 radical (unpaired) electrons. The van der Waals surface area contributed by atoms with Crippen LogP contribution in [-0.4, -0.2) is 37.6 Å². The number of ether oxygens (including phenoxy) is 2. The quantitative estimate of drug-likeness (QED) is 0.498. The molecule has 1 unspecified atom stereocenters. The molecule has 2 aromatic heterocycles. The van der Waals surface area contributed by atoms with Gasteiger partial charge in [-0.15, -0.1) is 0 Å². The fourth-order valence-corrected chi connectivity index (χ4v) is 4.84. The Morgan fingerprint density at radius 2 is 2.12 bits per heavy atom. The number of rotatable bonds is 7. The van der Waals surface area contributed by atoms with Crippen molar-refractivity contribution in [1.29, 1.82) is 0 Å². The fourth-order valence-electron chi connectivity index (χ4n) is 4.84. The maximum atomic E-state index is 11.4. The number of aryl methyl sites for hydroxylation is 2. The van der Waals surface area contributed by atoms with Crippen LogP contribution in [-0.2, 0) is 24.8 Å². The van der Waals surface area contributed by atoms with Crippen LogP contribution in [0.2, 0.25) is 0 Å². The van der Waals surface area contributed by atoms with Gasteiger partial charge in [0.15, 0.2) is 17.3 Å². The summed E-state index contributed by atoms with van der Waals surface area (Å²) in [5.74, 6) is 1.84. The number of carboxylic acids is 1. The van der Waals surface area contributed by atoms with E-state index < -0.39 is 5.97 Å². The van der Waals surface area contributed by atoms with Gasteiger partial charge in [-0.1, -0.05) is 31.4 Å².